The van der Waals surface area contributed by atoms with Gasteiger partial charge in [0.25, 0.3) is 5.91 Å². The van der Waals surface area contributed by atoms with Gasteiger partial charge in [0.15, 0.2) is 0 Å². The summed E-state index contributed by atoms with van der Waals surface area (Å²) in [6, 6.07) is 10.8. The molecule has 1 atom stereocenters. The maximum atomic E-state index is 12.9. The van der Waals surface area contributed by atoms with Crippen LogP contribution in [-0.2, 0) is 4.79 Å². The Hall–Kier alpha value is -2.82. The summed E-state index contributed by atoms with van der Waals surface area (Å²) in [5.41, 5.74) is 1.45. The van der Waals surface area contributed by atoms with Gasteiger partial charge in [-0.3, -0.25) is 9.59 Å². The molecule has 0 radical (unpaired) electrons. The van der Waals surface area contributed by atoms with Crippen LogP contribution in [-0.4, -0.2) is 23.3 Å². The summed E-state index contributed by atoms with van der Waals surface area (Å²) in [6.45, 7) is 4.21. The maximum Gasteiger partial charge on any atom is 0.254 e. The zero-order chi connectivity index (χ0) is 17.4. The van der Waals surface area contributed by atoms with Gasteiger partial charge in [-0.15, -0.1) is 0 Å². The molecular formula is C20H20N2O3. The lowest BCUT2D eigenvalue weighted by atomic mass is 9.57. The number of carbonyl (C=O) groups is 2. The normalized spacial score (nSPS) is 20.5. The predicted molar refractivity (Wildman–Crippen MR) is 94.0 cm³/mol. The highest BCUT2D eigenvalue weighted by Gasteiger charge is 2.59. The Morgan fingerprint density at radius 2 is 2.00 bits per heavy atom. The number of benzene rings is 1. The number of nitrogens with one attached hydrogen (secondary N) is 1. The van der Waals surface area contributed by atoms with Gasteiger partial charge in [0.05, 0.1) is 12.3 Å². The number of likely N-dealkylation sites (tertiary alicyclic amines) is 1. The Kier molecular flexibility index (Phi) is 3.71. The highest BCUT2D eigenvalue weighted by Crippen LogP contribution is 2.60. The molecule has 1 saturated heterocycles. The fourth-order valence-electron chi connectivity index (χ4n) is 3.94. The minimum atomic E-state index is -0.272. The Balaban J connectivity index is 1.52. The Bertz CT molecular complexity index is 804. The summed E-state index contributed by atoms with van der Waals surface area (Å²) in [5, 5.41) is 2.68. The zero-order valence-corrected chi connectivity index (χ0v) is 13.9. The van der Waals surface area contributed by atoms with E-state index in [1.807, 2.05) is 17.0 Å². The van der Waals surface area contributed by atoms with Crippen molar-refractivity contribution in [2.45, 2.75) is 25.3 Å². The van der Waals surface area contributed by atoms with Crippen molar-refractivity contribution >= 4 is 17.5 Å². The summed E-state index contributed by atoms with van der Waals surface area (Å²) in [5.74, 6) is 0.598. The molecule has 1 spiro atoms. The standard InChI is InChI=1S/C20H20N2O3/c1-2-17(23)21-15-8-6-14(7-9-15)19(24)22-13-20(10-4-11-20)18(22)16-5-3-12-25-16/h2-3,5-9,12,18H,1,4,10-11,13H2,(H,21,23). The van der Waals surface area contributed by atoms with E-state index >= 15 is 0 Å². The van der Waals surface area contributed by atoms with E-state index in [4.69, 9.17) is 4.42 Å². The van der Waals surface area contributed by atoms with Crippen LogP contribution in [0.25, 0.3) is 0 Å². The van der Waals surface area contributed by atoms with Gasteiger partial charge in [0.1, 0.15) is 5.76 Å². The molecule has 5 nitrogen and oxygen atoms in total. The van der Waals surface area contributed by atoms with Crippen molar-refractivity contribution in [2.75, 3.05) is 11.9 Å². The van der Waals surface area contributed by atoms with Crippen LogP contribution in [0.3, 0.4) is 0 Å². The molecule has 1 aliphatic heterocycles. The summed E-state index contributed by atoms with van der Waals surface area (Å²) < 4.78 is 5.61. The summed E-state index contributed by atoms with van der Waals surface area (Å²) in [7, 11) is 0. The lowest BCUT2D eigenvalue weighted by molar-refractivity contribution is -0.113. The number of furan rings is 1. The largest absolute Gasteiger partial charge is 0.467 e. The van der Waals surface area contributed by atoms with E-state index < -0.39 is 0 Å². The van der Waals surface area contributed by atoms with Crippen molar-refractivity contribution in [3.8, 4) is 0 Å². The highest BCUT2D eigenvalue weighted by atomic mass is 16.3. The van der Waals surface area contributed by atoms with E-state index in [1.165, 1.54) is 12.5 Å². The van der Waals surface area contributed by atoms with Crippen molar-refractivity contribution < 1.29 is 14.0 Å². The minimum absolute atomic E-state index is 0.000484. The topological polar surface area (TPSA) is 62.6 Å². The van der Waals surface area contributed by atoms with Gasteiger partial charge in [-0.25, -0.2) is 0 Å². The lowest BCUT2D eigenvalue weighted by Gasteiger charge is -2.61. The summed E-state index contributed by atoms with van der Waals surface area (Å²) in [6.07, 6.45) is 6.39. The van der Waals surface area contributed by atoms with Crippen LogP contribution in [0.15, 0.2) is 59.7 Å². The molecule has 1 unspecified atom stereocenters. The van der Waals surface area contributed by atoms with Gasteiger partial charge in [0.2, 0.25) is 5.91 Å². The monoisotopic (exact) mass is 336 g/mol. The average Bonchev–Trinajstić information content (AvgIpc) is 3.06. The van der Waals surface area contributed by atoms with Crippen molar-refractivity contribution in [1.82, 2.24) is 4.90 Å². The molecule has 128 valence electrons. The SMILES string of the molecule is C=CC(=O)Nc1ccc(C(=O)N2CC3(CCC3)C2c2ccco2)cc1. The van der Waals surface area contributed by atoms with Gasteiger partial charge < -0.3 is 14.6 Å². The van der Waals surface area contributed by atoms with Gasteiger partial charge >= 0.3 is 0 Å². The number of carbonyl (C=O) groups excluding carboxylic acids is 2. The van der Waals surface area contributed by atoms with Crippen LogP contribution >= 0.6 is 0 Å². The third kappa shape index (κ3) is 2.56. The first kappa shape index (κ1) is 15.7. The maximum absolute atomic E-state index is 12.9. The molecule has 4 rings (SSSR count). The second-order valence-corrected chi connectivity index (χ2v) is 6.84. The Morgan fingerprint density at radius 1 is 1.24 bits per heavy atom. The molecule has 25 heavy (non-hydrogen) atoms. The first-order chi connectivity index (χ1) is 12.1. The number of anilines is 1. The van der Waals surface area contributed by atoms with E-state index in [2.05, 4.69) is 11.9 Å². The number of hydrogen-bond donors (Lipinski definition) is 1. The third-order valence-electron chi connectivity index (χ3n) is 5.38. The number of hydrogen-bond acceptors (Lipinski definition) is 3. The zero-order valence-electron chi connectivity index (χ0n) is 13.9. The van der Waals surface area contributed by atoms with Gasteiger partial charge in [-0.05, 0) is 55.3 Å². The fraction of sp³-hybridized carbons (Fsp3) is 0.300. The van der Waals surface area contributed by atoms with Crippen molar-refractivity contribution in [2.24, 2.45) is 5.41 Å². The van der Waals surface area contributed by atoms with Crippen molar-refractivity contribution in [1.29, 1.82) is 0 Å². The number of amides is 2. The van der Waals surface area contributed by atoms with Crippen LogP contribution in [0.2, 0.25) is 0 Å². The molecule has 1 aromatic heterocycles. The van der Waals surface area contributed by atoms with Crippen LogP contribution in [0.4, 0.5) is 5.69 Å². The van der Waals surface area contributed by atoms with Crippen LogP contribution < -0.4 is 5.32 Å². The molecule has 1 saturated carbocycles. The van der Waals surface area contributed by atoms with E-state index in [1.54, 1.807) is 30.5 Å². The second kappa shape index (κ2) is 5.92. The fourth-order valence-corrected chi connectivity index (χ4v) is 3.94. The van der Waals surface area contributed by atoms with E-state index in [9.17, 15) is 9.59 Å². The highest BCUT2D eigenvalue weighted by molar-refractivity contribution is 6.00. The van der Waals surface area contributed by atoms with E-state index in [0.717, 1.165) is 25.1 Å². The Morgan fingerprint density at radius 3 is 2.56 bits per heavy atom. The summed E-state index contributed by atoms with van der Waals surface area (Å²) >= 11 is 0. The molecule has 1 aromatic carbocycles. The minimum Gasteiger partial charge on any atom is -0.467 e. The van der Waals surface area contributed by atoms with Crippen molar-refractivity contribution in [3.05, 3.63) is 66.6 Å². The third-order valence-corrected chi connectivity index (χ3v) is 5.38. The van der Waals surface area contributed by atoms with Gasteiger partial charge in [-0.1, -0.05) is 13.0 Å². The van der Waals surface area contributed by atoms with Crippen LogP contribution in [0, 0.1) is 5.41 Å². The smallest absolute Gasteiger partial charge is 0.254 e. The van der Waals surface area contributed by atoms with Crippen LogP contribution in [0.1, 0.15) is 41.4 Å². The van der Waals surface area contributed by atoms with E-state index in [-0.39, 0.29) is 23.3 Å². The number of nitrogens with zero attached hydrogens (tertiary/aromatic N) is 1. The van der Waals surface area contributed by atoms with Gasteiger partial charge in [0, 0.05) is 23.2 Å². The first-order valence-corrected chi connectivity index (χ1v) is 8.51. The molecule has 1 aliphatic carbocycles. The second-order valence-electron chi connectivity index (χ2n) is 6.84. The Labute approximate surface area is 146 Å². The molecule has 2 amide bonds. The molecule has 0 bridgehead atoms. The average molecular weight is 336 g/mol. The summed E-state index contributed by atoms with van der Waals surface area (Å²) in [4.78, 5) is 26.2. The lowest BCUT2D eigenvalue weighted by Crippen LogP contribution is -2.63. The van der Waals surface area contributed by atoms with Crippen LogP contribution in [0.5, 0.6) is 0 Å². The molecule has 2 aliphatic rings. The molecule has 5 heteroatoms. The molecule has 2 fully saturated rings. The van der Waals surface area contributed by atoms with Crippen molar-refractivity contribution in [3.63, 3.8) is 0 Å². The number of rotatable bonds is 4. The molecular weight excluding hydrogens is 316 g/mol. The van der Waals surface area contributed by atoms with E-state index in [0.29, 0.717) is 11.3 Å². The first-order valence-electron chi connectivity index (χ1n) is 8.51. The quantitative estimate of drug-likeness (QED) is 0.865. The molecule has 1 N–H and O–H groups in total. The van der Waals surface area contributed by atoms with Gasteiger partial charge in [-0.2, -0.15) is 0 Å². The molecule has 2 heterocycles. The predicted octanol–water partition coefficient (Wildman–Crippen LogP) is 3.77. The molecule has 2 aromatic rings.